The lowest BCUT2D eigenvalue weighted by molar-refractivity contribution is 0.369. The van der Waals surface area contributed by atoms with Crippen molar-refractivity contribution >= 4 is 16.9 Å². The Hall–Kier alpha value is -0.380. The Morgan fingerprint density at radius 2 is 2.00 bits per heavy atom. The molecule has 0 saturated carbocycles. The summed E-state index contributed by atoms with van der Waals surface area (Å²) in [5, 5.41) is 0. The fourth-order valence-electron chi connectivity index (χ4n) is 0.722. The minimum Gasteiger partial charge on any atom is -0.483 e. The van der Waals surface area contributed by atoms with E-state index in [4.69, 9.17) is 4.74 Å². The van der Waals surface area contributed by atoms with Crippen LogP contribution in [0.25, 0.3) is 0 Å². The van der Waals surface area contributed by atoms with Crippen LogP contribution in [0.4, 0.5) is 0 Å². The van der Waals surface area contributed by atoms with Crippen LogP contribution in [0.1, 0.15) is 41.0 Å². The van der Waals surface area contributed by atoms with E-state index in [2.05, 4.69) is 11.3 Å². The molecular formula is C10H21NO2S. The zero-order chi connectivity index (χ0) is 11.4. The number of ether oxygens (including phenoxy) is 1. The highest BCUT2D eigenvalue weighted by molar-refractivity contribution is 7.85. The molecule has 0 bridgehead atoms. The number of hydrogen-bond acceptors (Lipinski definition) is 2. The topological polar surface area (TPSA) is 38.7 Å². The predicted molar refractivity (Wildman–Crippen MR) is 61.8 cm³/mol. The van der Waals surface area contributed by atoms with E-state index in [9.17, 15) is 4.21 Å². The van der Waals surface area contributed by atoms with E-state index >= 15 is 0 Å². The Kier molecular flexibility index (Phi) is 5.34. The van der Waals surface area contributed by atoms with Crippen molar-refractivity contribution in [3.05, 3.63) is 0 Å². The summed E-state index contributed by atoms with van der Waals surface area (Å²) in [5.74, 6) is 0.812. The third-order valence-electron chi connectivity index (χ3n) is 1.94. The second kappa shape index (κ2) is 5.49. The van der Waals surface area contributed by atoms with E-state index in [-0.39, 0.29) is 10.7 Å². The molecule has 0 unspecified atom stereocenters. The van der Waals surface area contributed by atoms with Crippen LogP contribution >= 0.6 is 0 Å². The fourth-order valence-corrected chi connectivity index (χ4v) is 1.41. The van der Waals surface area contributed by atoms with Gasteiger partial charge in [-0.15, -0.1) is 0 Å². The molecule has 0 aliphatic rings. The SMILES string of the molecule is CC[C@H](C)/C(=N/[S@](=O)C(C)(C)C)OC. The summed E-state index contributed by atoms with van der Waals surface area (Å²) in [6.45, 7) is 9.77. The van der Waals surface area contributed by atoms with Crippen LogP contribution in [-0.4, -0.2) is 22.0 Å². The van der Waals surface area contributed by atoms with E-state index in [1.54, 1.807) is 7.11 Å². The average molecular weight is 219 g/mol. The Morgan fingerprint density at radius 1 is 1.50 bits per heavy atom. The number of nitrogens with zero attached hydrogens (tertiary/aromatic N) is 1. The normalized spacial score (nSPS) is 17.7. The molecule has 0 aliphatic carbocycles. The van der Waals surface area contributed by atoms with Gasteiger partial charge >= 0.3 is 0 Å². The van der Waals surface area contributed by atoms with Crippen molar-refractivity contribution in [1.29, 1.82) is 0 Å². The Morgan fingerprint density at radius 3 is 2.29 bits per heavy atom. The van der Waals surface area contributed by atoms with Crippen LogP contribution in [0, 0.1) is 5.92 Å². The van der Waals surface area contributed by atoms with E-state index in [0.29, 0.717) is 5.90 Å². The van der Waals surface area contributed by atoms with Gasteiger partial charge < -0.3 is 4.74 Å². The third kappa shape index (κ3) is 4.22. The second-order valence-electron chi connectivity index (χ2n) is 4.30. The molecule has 0 aromatic carbocycles. The summed E-state index contributed by atoms with van der Waals surface area (Å²) in [7, 11) is 0.348. The van der Waals surface area contributed by atoms with Gasteiger partial charge in [-0.25, -0.2) is 4.21 Å². The molecule has 0 aromatic rings. The molecule has 0 aliphatic heterocycles. The maximum atomic E-state index is 11.7. The van der Waals surface area contributed by atoms with Gasteiger partial charge in [-0.3, -0.25) is 0 Å². The van der Waals surface area contributed by atoms with Crippen LogP contribution in [0.2, 0.25) is 0 Å². The van der Waals surface area contributed by atoms with Crippen molar-refractivity contribution in [2.45, 2.75) is 45.8 Å². The molecule has 0 fully saturated rings. The number of hydrogen-bond donors (Lipinski definition) is 0. The molecule has 84 valence electrons. The fraction of sp³-hybridized carbons (Fsp3) is 0.900. The zero-order valence-corrected chi connectivity index (χ0v) is 10.8. The van der Waals surface area contributed by atoms with Gasteiger partial charge in [-0.1, -0.05) is 13.8 Å². The van der Waals surface area contributed by atoms with Crippen molar-refractivity contribution in [2.75, 3.05) is 7.11 Å². The Balaban J connectivity index is 4.69. The van der Waals surface area contributed by atoms with Crippen molar-refractivity contribution in [2.24, 2.45) is 10.3 Å². The van der Waals surface area contributed by atoms with E-state index in [1.165, 1.54) is 0 Å². The third-order valence-corrected chi connectivity index (χ3v) is 3.33. The summed E-state index contributed by atoms with van der Waals surface area (Å²) in [6, 6.07) is 0. The average Bonchev–Trinajstić information content (AvgIpc) is 2.10. The summed E-state index contributed by atoms with van der Waals surface area (Å²) in [4.78, 5) is 0. The van der Waals surface area contributed by atoms with Crippen LogP contribution in [0.3, 0.4) is 0 Å². The minimum absolute atomic E-state index is 0.228. The van der Waals surface area contributed by atoms with Gasteiger partial charge in [-0.2, -0.15) is 4.40 Å². The maximum Gasteiger partial charge on any atom is 0.200 e. The van der Waals surface area contributed by atoms with E-state index in [1.807, 2.05) is 27.7 Å². The lowest BCUT2D eigenvalue weighted by atomic mass is 10.1. The lowest BCUT2D eigenvalue weighted by Crippen LogP contribution is -2.23. The first-order valence-electron chi connectivity index (χ1n) is 4.87. The first-order chi connectivity index (χ1) is 6.32. The molecule has 0 rings (SSSR count). The number of rotatable bonds is 3. The second-order valence-corrected chi connectivity index (χ2v) is 6.21. The van der Waals surface area contributed by atoms with Gasteiger partial charge in [0.05, 0.1) is 11.9 Å². The molecular weight excluding hydrogens is 198 g/mol. The van der Waals surface area contributed by atoms with E-state index < -0.39 is 11.0 Å². The van der Waals surface area contributed by atoms with Crippen LogP contribution in [0.15, 0.2) is 4.40 Å². The quantitative estimate of drug-likeness (QED) is 0.540. The number of methoxy groups -OCH3 is 1. The monoisotopic (exact) mass is 219 g/mol. The zero-order valence-electron chi connectivity index (χ0n) is 9.96. The first-order valence-corrected chi connectivity index (χ1v) is 5.98. The lowest BCUT2D eigenvalue weighted by Gasteiger charge is -2.16. The molecule has 0 N–H and O–H groups in total. The molecule has 3 nitrogen and oxygen atoms in total. The summed E-state index contributed by atoms with van der Waals surface area (Å²) < 4.78 is 20.6. The summed E-state index contributed by atoms with van der Waals surface area (Å²) in [6.07, 6.45) is 0.939. The summed E-state index contributed by atoms with van der Waals surface area (Å²) >= 11 is 0. The highest BCUT2D eigenvalue weighted by atomic mass is 32.2. The molecule has 0 radical (unpaired) electrons. The van der Waals surface area contributed by atoms with Gasteiger partial charge in [0.1, 0.15) is 11.0 Å². The van der Waals surface area contributed by atoms with Crippen molar-refractivity contribution < 1.29 is 8.95 Å². The molecule has 0 spiro atoms. The van der Waals surface area contributed by atoms with Crippen molar-refractivity contribution in [1.82, 2.24) is 0 Å². The standard InChI is InChI=1S/C10H21NO2S/c1-7-8(2)9(13-6)11-14(12)10(3,4)5/h8H,7H2,1-6H3/b11-9-/t8-,14+/m0/s1. The molecule has 0 aromatic heterocycles. The van der Waals surface area contributed by atoms with Gasteiger partial charge in [-0.05, 0) is 27.2 Å². The van der Waals surface area contributed by atoms with Crippen molar-refractivity contribution in [3.63, 3.8) is 0 Å². The van der Waals surface area contributed by atoms with Gasteiger partial charge in [0.25, 0.3) is 0 Å². The molecule has 4 heteroatoms. The highest BCUT2D eigenvalue weighted by Gasteiger charge is 2.21. The van der Waals surface area contributed by atoms with Gasteiger partial charge in [0.15, 0.2) is 5.90 Å². The van der Waals surface area contributed by atoms with Crippen LogP contribution in [0.5, 0.6) is 0 Å². The Labute approximate surface area is 89.5 Å². The molecule has 0 heterocycles. The van der Waals surface area contributed by atoms with Gasteiger partial charge in [0, 0.05) is 5.92 Å². The molecule has 14 heavy (non-hydrogen) atoms. The molecule has 0 amide bonds. The first kappa shape index (κ1) is 13.6. The maximum absolute atomic E-state index is 11.7. The van der Waals surface area contributed by atoms with Gasteiger partial charge in [0.2, 0.25) is 0 Å². The summed E-state index contributed by atoms with van der Waals surface area (Å²) in [5.41, 5.74) is 0. The van der Waals surface area contributed by atoms with E-state index in [0.717, 1.165) is 6.42 Å². The Bertz CT molecular complexity index is 231. The highest BCUT2D eigenvalue weighted by Crippen LogP contribution is 2.15. The van der Waals surface area contributed by atoms with Crippen LogP contribution in [-0.2, 0) is 15.7 Å². The minimum atomic E-state index is -1.23. The predicted octanol–water partition coefficient (Wildman–Crippen LogP) is 2.54. The smallest absolute Gasteiger partial charge is 0.200 e. The molecule has 0 saturated heterocycles. The largest absolute Gasteiger partial charge is 0.483 e. The molecule has 2 atom stereocenters. The van der Waals surface area contributed by atoms with Crippen LogP contribution < -0.4 is 0 Å². The van der Waals surface area contributed by atoms with Crippen molar-refractivity contribution in [3.8, 4) is 0 Å².